The zero-order chi connectivity index (χ0) is 19.3. The SMILES string of the molecule is CCCc1cc2c(c(=O)[nH]1)C(CC(C)CCCC(C)C)C(C#N)=C(N)O2. The molecule has 0 spiro atoms. The van der Waals surface area contributed by atoms with Crippen LogP contribution < -0.4 is 16.0 Å². The fourth-order valence-electron chi connectivity index (χ4n) is 3.67. The summed E-state index contributed by atoms with van der Waals surface area (Å²) in [7, 11) is 0. The molecule has 0 amide bonds. The molecule has 0 saturated carbocycles. The van der Waals surface area contributed by atoms with E-state index in [1.807, 2.05) is 6.07 Å². The minimum Gasteiger partial charge on any atom is -0.440 e. The highest BCUT2D eigenvalue weighted by molar-refractivity contribution is 5.49. The number of pyridine rings is 1. The fourth-order valence-corrected chi connectivity index (χ4v) is 3.67. The summed E-state index contributed by atoms with van der Waals surface area (Å²) < 4.78 is 5.64. The van der Waals surface area contributed by atoms with E-state index in [1.54, 1.807) is 0 Å². The zero-order valence-electron chi connectivity index (χ0n) is 16.4. The number of H-pyrrole nitrogens is 1. The smallest absolute Gasteiger partial charge is 0.255 e. The van der Waals surface area contributed by atoms with Crippen molar-refractivity contribution in [1.82, 2.24) is 4.98 Å². The van der Waals surface area contributed by atoms with Gasteiger partial charge in [0.05, 0.1) is 11.1 Å². The molecule has 1 aliphatic heterocycles. The monoisotopic (exact) mass is 357 g/mol. The molecule has 0 fully saturated rings. The van der Waals surface area contributed by atoms with Gasteiger partial charge in [-0.3, -0.25) is 4.79 Å². The summed E-state index contributed by atoms with van der Waals surface area (Å²) in [6.45, 7) is 8.69. The quantitative estimate of drug-likeness (QED) is 0.723. The lowest BCUT2D eigenvalue weighted by Gasteiger charge is -2.27. The second-order valence-corrected chi connectivity index (χ2v) is 7.86. The van der Waals surface area contributed by atoms with E-state index in [2.05, 4.69) is 38.7 Å². The minimum atomic E-state index is -0.294. The third-order valence-electron chi connectivity index (χ3n) is 5.03. The summed E-state index contributed by atoms with van der Waals surface area (Å²) >= 11 is 0. The number of nitriles is 1. The van der Waals surface area contributed by atoms with E-state index in [0.29, 0.717) is 28.7 Å². The van der Waals surface area contributed by atoms with Crippen molar-refractivity contribution >= 4 is 0 Å². The van der Waals surface area contributed by atoms with Crippen LogP contribution in [0.1, 0.15) is 77.0 Å². The molecule has 0 saturated heterocycles. The van der Waals surface area contributed by atoms with E-state index < -0.39 is 0 Å². The van der Waals surface area contributed by atoms with Gasteiger partial charge in [-0.25, -0.2) is 0 Å². The Balaban J connectivity index is 2.29. The first kappa shape index (κ1) is 20.1. The van der Waals surface area contributed by atoms with Gasteiger partial charge < -0.3 is 15.5 Å². The van der Waals surface area contributed by atoms with Crippen LogP contribution in [0.4, 0.5) is 0 Å². The molecule has 2 atom stereocenters. The average molecular weight is 357 g/mol. The van der Waals surface area contributed by atoms with Crippen molar-refractivity contribution in [1.29, 1.82) is 5.26 Å². The Labute approximate surface area is 156 Å². The number of nitrogens with two attached hydrogens (primary N) is 1. The Bertz CT molecular complexity index is 756. The largest absolute Gasteiger partial charge is 0.440 e. The number of ether oxygens (including phenoxy) is 1. The first-order valence-corrected chi connectivity index (χ1v) is 9.71. The van der Waals surface area contributed by atoms with Gasteiger partial charge in [0.25, 0.3) is 5.56 Å². The first-order chi connectivity index (χ1) is 12.4. The number of rotatable bonds is 8. The van der Waals surface area contributed by atoms with Crippen molar-refractivity contribution in [2.45, 2.75) is 72.1 Å². The van der Waals surface area contributed by atoms with E-state index in [9.17, 15) is 10.1 Å². The fraction of sp³-hybridized carbons (Fsp3) is 0.619. The molecule has 2 unspecified atom stereocenters. The second-order valence-electron chi connectivity index (χ2n) is 7.86. The van der Waals surface area contributed by atoms with E-state index >= 15 is 0 Å². The van der Waals surface area contributed by atoms with Gasteiger partial charge in [0.15, 0.2) is 0 Å². The maximum atomic E-state index is 12.7. The maximum absolute atomic E-state index is 12.7. The highest BCUT2D eigenvalue weighted by Gasteiger charge is 2.33. The zero-order valence-corrected chi connectivity index (χ0v) is 16.4. The van der Waals surface area contributed by atoms with Gasteiger partial charge in [0, 0.05) is 17.7 Å². The van der Waals surface area contributed by atoms with Gasteiger partial charge in [-0.2, -0.15) is 5.26 Å². The predicted molar refractivity (Wildman–Crippen MR) is 104 cm³/mol. The van der Waals surface area contributed by atoms with Crippen molar-refractivity contribution in [2.75, 3.05) is 0 Å². The van der Waals surface area contributed by atoms with E-state index in [4.69, 9.17) is 10.5 Å². The number of nitrogens with one attached hydrogen (secondary N) is 1. The number of aryl methyl sites for hydroxylation is 1. The summed E-state index contributed by atoms with van der Waals surface area (Å²) in [5, 5.41) is 9.57. The van der Waals surface area contributed by atoms with Crippen LogP contribution in [0.15, 0.2) is 22.3 Å². The van der Waals surface area contributed by atoms with Crippen LogP contribution in [0.3, 0.4) is 0 Å². The van der Waals surface area contributed by atoms with Gasteiger partial charge in [0.2, 0.25) is 5.88 Å². The van der Waals surface area contributed by atoms with Gasteiger partial charge in [-0.15, -0.1) is 0 Å². The van der Waals surface area contributed by atoms with E-state index in [0.717, 1.165) is 37.8 Å². The molecule has 142 valence electrons. The van der Waals surface area contributed by atoms with E-state index in [-0.39, 0.29) is 17.4 Å². The average Bonchev–Trinajstić information content (AvgIpc) is 2.54. The molecule has 3 N–H and O–H groups in total. The Morgan fingerprint density at radius 1 is 1.35 bits per heavy atom. The molecule has 5 heteroatoms. The van der Waals surface area contributed by atoms with Crippen molar-refractivity contribution in [3.8, 4) is 11.8 Å². The molecule has 5 nitrogen and oxygen atoms in total. The summed E-state index contributed by atoms with van der Waals surface area (Å²) in [6, 6.07) is 4.03. The van der Waals surface area contributed by atoms with Gasteiger partial charge in [0.1, 0.15) is 11.8 Å². The molecular weight excluding hydrogens is 326 g/mol. The molecule has 1 aliphatic rings. The minimum absolute atomic E-state index is 0.132. The predicted octanol–water partition coefficient (Wildman–Crippen LogP) is 4.35. The number of aromatic amines is 1. The van der Waals surface area contributed by atoms with Crippen LogP contribution in [0.25, 0.3) is 0 Å². The van der Waals surface area contributed by atoms with Gasteiger partial charge >= 0.3 is 0 Å². The first-order valence-electron chi connectivity index (χ1n) is 9.71. The van der Waals surface area contributed by atoms with Crippen LogP contribution in [-0.4, -0.2) is 4.98 Å². The van der Waals surface area contributed by atoms with Crippen LogP contribution in [-0.2, 0) is 6.42 Å². The molecule has 2 heterocycles. The highest BCUT2D eigenvalue weighted by atomic mass is 16.5. The summed E-state index contributed by atoms with van der Waals surface area (Å²) in [5.41, 5.74) is 7.61. The molecular formula is C21H31N3O2. The lowest BCUT2D eigenvalue weighted by atomic mass is 9.81. The van der Waals surface area contributed by atoms with Crippen molar-refractivity contribution in [2.24, 2.45) is 17.6 Å². The topological polar surface area (TPSA) is 91.9 Å². The number of allylic oxidation sites excluding steroid dienone is 1. The standard InChI is InChI=1S/C21H31N3O2/c1-5-7-15-11-18-19(21(25)24-15)16(17(12-22)20(23)26-18)10-14(4)9-6-8-13(2)3/h11,13-14,16H,5-10,23H2,1-4H3,(H,24,25). The number of fused-ring (bicyclic) bond motifs is 1. The molecule has 2 rings (SSSR count). The van der Waals surface area contributed by atoms with Crippen molar-refractivity contribution in [3.05, 3.63) is 39.1 Å². The summed E-state index contributed by atoms with van der Waals surface area (Å²) in [6.07, 6.45) is 5.86. The van der Waals surface area contributed by atoms with Gasteiger partial charge in [-0.1, -0.05) is 53.4 Å². The maximum Gasteiger partial charge on any atom is 0.255 e. The van der Waals surface area contributed by atoms with Crippen molar-refractivity contribution < 1.29 is 4.74 Å². The summed E-state index contributed by atoms with van der Waals surface area (Å²) in [4.78, 5) is 15.7. The second kappa shape index (κ2) is 8.93. The molecule has 0 bridgehead atoms. The Morgan fingerprint density at radius 2 is 2.08 bits per heavy atom. The normalized spacial score (nSPS) is 17.6. The highest BCUT2D eigenvalue weighted by Crippen LogP contribution is 2.40. The van der Waals surface area contributed by atoms with Gasteiger partial charge in [-0.05, 0) is 24.7 Å². The molecule has 0 aliphatic carbocycles. The number of hydrogen-bond donors (Lipinski definition) is 2. The van der Waals surface area contributed by atoms with Crippen LogP contribution >= 0.6 is 0 Å². The number of aromatic nitrogens is 1. The Hall–Kier alpha value is -2.22. The number of hydrogen-bond acceptors (Lipinski definition) is 4. The third kappa shape index (κ3) is 4.69. The lowest BCUT2D eigenvalue weighted by Crippen LogP contribution is -2.28. The third-order valence-corrected chi connectivity index (χ3v) is 5.03. The summed E-state index contributed by atoms with van der Waals surface area (Å²) in [5.74, 6) is 1.43. The lowest BCUT2D eigenvalue weighted by molar-refractivity contribution is 0.361. The number of nitrogens with zero attached hydrogens (tertiary/aromatic N) is 1. The Kier molecular flexibility index (Phi) is 6.90. The molecule has 26 heavy (non-hydrogen) atoms. The molecule has 1 aromatic heterocycles. The van der Waals surface area contributed by atoms with E-state index in [1.165, 1.54) is 6.42 Å². The van der Waals surface area contributed by atoms with Crippen LogP contribution in [0.5, 0.6) is 5.75 Å². The van der Waals surface area contributed by atoms with Crippen LogP contribution in [0.2, 0.25) is 0 Å². The molecule has 0 aromatic carbocycles. The van der Waals surface area contributed by atoms with Crippen LogP contribution in [0, 0.1) is 23.2 Å². The molecule has 0 radical (unpaired) electrons. The Morgan fingerprint density at radius 3 is 2.69 bits per heavy atom. The van der Waals surface area contributed by atoms with Crippen molar-refractivity contribution in [3.63, 3.8) is 0 Å². The molecule has 1 aromatic rings.